The fourth-order valence-corrected chi connectivity index (χ4v) is 2.70. The molecule has 2 aromatic heterocycles. The molecule has 2 rings (SSSR count). The van der Waals surface area contributed by atoms with Crippen molar-refractivity contribution in [3.05, 3.63) is 29.2 Å². The lowest BCUT2D eigenvalue weighted by atomic mass is 10.1. The molecule has 0 saturated carbocycles. The van der Waals surface area contributed by atoms with Crippen LogP contribution in [0.15, 0.2) is 18.6 Å². The molecule has 21 heavy (non-hydrogen) atoms. The number of rotatable bonds is 4. The first-order chi connectivity index (χ1) is 10.0. The minimum Gasteiger partial charge on any atom is -0.328 e. The van der Waals surface area contributed by atoms with Gasteiger partial charge in [0.15, 0.2) is 0 Å². The first-order valence-corrected chi connectivity index (χ1v) is 7.25. The Morgan fingerprint density at radius 1 is 1.38 bits per heavy atom. The number of nitriles is 1. The smallest absolute Gasteiger partial charge is 0.266 e. The molecule has 6 nitrogen and oxygen atoms in total. The van der Waals surface area contributed by atoms with Gasteiger partial charge in [0, 0.05) is 19.4 Å². The molecule has 0 aromatic carbocycles. The topological polar surface area (TPSA) is 82.8 Å². The molecule has 0 aliphatic carbocycles. The molecule has 0 aliphatic rings. The maximum absolute atomic E-state index is 12.1. The van der Waals surface area contributed by atoms with Crippen LogP contribution in [0.4, 0.5) is 0 Å². The van der Waals surface area contributed by atoms with Gasteiger partial charge in [0.25, 0.3) is 5.91 Å². The van der Waals surface area contributed by atoms with E-state index in [1.54, 1.807) is 19.4 Å². The summed E-state index contributed by atoms with van der Waals surface area (Å²) in [5.41, 5.74) is 1.57. The number of carbonyl (C=O) groups excluding carboxylic acids is 1. The maximum atomic E-state index is 12.1. The number of nitrogens with zero attached hydrogens (tertiary/aromatic N) is 5. The first-order valence-electron chi connectivity index (χ1n) is 6.44. The van der Waals surface area contributed by atoms with Crippen molar-refractivity contribution in [3.8, 4) is 16.8 Å². The third-order valence-electron chi connectivity index (χ3n) is 2.85. The van der Waals surface area contributed by atoms with E-state index in [0.29, 0.717) is 15.6 Å². The number of hydrogen-bond donors (Lipinski definition) is 0. The highest BCUT2D eigenvalue weighted by molar-refractivity contribution is 7.16. The normalized spacial score (nSPS) is 10.4. The van der Waals surface area contributed by atoms with Gasteiger partial charge < -0.3 is 4.90 Å². The third kappa shape index (κ3) is 3.23. The van der Waals surface area contributed by atoms with E-state index in [0.717, 1.165) is 5.69 Å². The van der Waals surface area contributed by atoms with Gasteiger partial charge in [0.2, 0.25) is 0 Å². The summed E-state index contributed by atoms with van der Waals surface area (Å²) < 4.78 is 0. The fourth-order valence-electron chi connectivity index (χ4n) is 1.78. The molecule has 0 unspecified atom stereocenters. The summed E-state index contributed by atoms with van der Waals surface area (Å²) in [6.07, 6.45) is 4.79. The summed E-state index contributed by atoms with van der Waals surface area (Å²) >= 11 is 1.27. The predicted molar refractivity (Wildman–Crippen MR) is 79.8 cm³/mol. The Morgan fingerprint density at radius 3 is 2.76 bits per heavy atom. The molecule has 0 atom stereocenters. The predicted octanol–water partition coefficient (Wildman–Crippen LogP) is 2.32. The van der Waals surface area contributed by atoms with Crippen molar-refractivity contribution in [3.63, 3.8) is 0 Å². The summed E-state index contributed by atoms with van der Waals surface area (Å²) in [5, 5.41) is 9.31. The Balaban J connectivity index is 2.33. The van der Waals surface area contributed by atoms with Crippen molar-refractivity contribution in [2.75, 3.05) is 13.6 Å². The molecule has 0 aliphatic heterocycles. The minimum absolute atomic E-state index is 0.0501. The van der Waals surface area contributed by atoms with Gasteiger partial charge >= 0.3 is 0 Å². The van der Waals surface area contributed by atoms with Crippen LogP contribution in [0.1, 0.15) is 35.1 Å². The molecule has 2 aromatic rings. The van der Waals surface area contributed by atoms with Crippen molar-refractivity contribution >= 4 is 17.2 Å². The molecule has 0 fully saturated rings. The maximum Gasteiger partial charge on any atom is 0.266 e. The number of hydrogen-bond acceptors (Lipinski definition) is 6. The summed E-state index contributed by atoms with van der Waals surface area (Å²) in [4.78, 5) is 26.9. The molecule has 0 saturated heterocycles. The molecular formula is C14H15N5OS. The monoisotopic (exact) mass is 301 g/mol. The van der Waals surface area contributed by atoms with Crippen LogP contribution >= 0.6 is 11.3 Å². The van der Waals surface area contributed by atoms with Crippen LogP contribution < -0.4 is 0 Å². The van der Waals surface area contributed by atoms with Gasteiger partial charge in [-0.3, -0.25) is 14.8 Å². The Hall–Kier alpha value is -2.33. The second-order valence-electron chi connectivity index (χ2n) is 4.79. The van der Waals surface area contributed by atoms with Gasteiger partial charge in [-0.2, -0.15) is 5.26 Å². The Bertz CT molecular complexity index is 689. The SMILES string of the molecule is CC(C)c1nccnc1-c1ncc(C(=O)N(C)CC#N)s1. The molecular weight excluding hydrogens is 286 g/mol. The van der Waals surface area contributed by atoms with Crippen molar-refractivity contribution < 1.29 is 4.79 Å². The van der Waals surface area contributed by atoms with Crippen LogP contribution in [0.3, 0.4) is 0 Å². The summed E-state index contributed by atoms with van der Waals surface area (Å²) in [7, 11) is 1.59. The van der Waals surface area contributed by atoms with Gasteiger partial charge in [-0.15, -0.1) is 11.3 Å². The van der Waals surface area contributed by atoms with Crippen molar-refractivity contribution in [2.24, 2.45) is 0 Å². The molecule has 1 amide bonds. The van der Waals surface area contributed by atoms with E-state index in [9.17, 15) is 4.79 Å². The number of aromatic nitrogens is 3. The zero-order chi connectivity index (χ0) is 15.4. The van der Waals surface area contributed by atoms with Gasteiger partial charge in [0.1, 0.15) is 22.1 Å². The Kier molecular flexibility index (Phi) is 4.60. The standard InChI is InChI=1S/C14H15N5OS/c1-9(2)11-12(17-6-5-16-11)13-18-8-10(21-13)14(20)19(3)7-4-15/h5-6,8-9H,7H2,1-3H3. The summed E-state index contributed by atoms with van der Waals surface area (Å²) in [6.45, 7) is 4.12. The van der Waals surface area contributed by atoms with E-state index in [1.807, 2.05) is 19.9 Å². The molecule has 2 heterocycles. The van der Waals surface area contributed by atoms with Crippen LogP contribution in [0, 0.1) is 11.3 Å². The molecule has 0 bridgehead atoms. The summed E-state index contributed by atoms with van der Waals surface area (Å²) in [6, 6.07) is 1.95. The molecule has 0 radical (unpaired) electrons. The average Bonchev–Trinajstić information content (AvgIpc) is 2.96. The van der Waals surface area contributed by atoms with Crippen molar-refractivity contribution in [2.45, 2.75) is 19.8 Å². The van der Waals surface area contributed by atoms with Crippen molar-refractivity contribution in [1.29, 1.82) is 5.26 Å². The number of thiazole rings is 1. The van der Waals surface area contributed by atoms with Crippen LogP contribution in [0.5, 0.6) is 0 Å². The van der Waals surface area contributed by atoms with Gasteiger partial charge in [-0.05, 0) is 5.92 Å². The lowest BCUT2D eigenvalue weighted by molar-refractivity contribution is 0.0816. The zero-order valence-electron chi connectivity index (χ0n) is 12.1. The minimum atomic E-state index is -0.213. The Labute approximate surface area is 127 Å². The molecule has 108 valence electrons. The highest BCUT2D eigenvalue weighted by atomic mass is 32.1. The first kappa shape index (κ1) is 15.1. The van der Waals surface area contributed by atoms with Gasteiger partial charge in [-0.25, -0.2) is 4.98 Å². The highest BCUT2D eigenvalue weighted by Gasteiger charge is 2.19. The summed E-state index contributed by atoms with van der Waals surface area (Å²) in [5.74, 6) is 0.00769. The zero-order valence-corrected chi connectivity index (χ0v) is 12.9. The lowest BCUT2D eigenvalue weighted by Crippen LogP contribution is -2.26. The number of carbonyl (C=O) groups is 1. The van der Waals surface area contributed by atoms with E-state index in [4.69, 9.17) is 5.26 Å². The van der Waals surface area contributed by atoms with E-state index in [-0.39, 0.29) is 18.4 Å². The van der Waals surface area contributed by atoms with Crippen LogP contribution in [0.25, 0.3) is 10.7 Å². The highest BCUT2D eigenvalue weighted by Crippen LogP contribution is 2.29. The largest absolute Gasteiger partial charge is 0.328 e. The van der Waals surface area contributed by atoms with E-state index >= 15 is 0 Å². The molecule has 0 N–H and O–H groups in total. The van der Waals surface area contributed by atoms with Gasteiger partial charge in [0.05, 0.1) is 18.0 Å². The second kappa shape index (κ2) is 6.41. The van der Waals surface area contributed by atoms with Crippen LogP contribution in [0.2, 0.25) is 0 Å². The average molecular weight is 301 g/mol. The Morgan fingerprint density at radius 2 is 2.10 bits per heavy atom. The van der Waals surface area contributed by atoms with Crippen molar-refractivity contribution in [1.82, 2.24) is 19.9 Å². The quantitative estimate of drug-likeness (QED) is 0.809. The second-order valence-corrected chi connectivity index (χ2v) is 5.82. The van der Waals surface area contributed by atoms with Crippen LogP contribution in [-0.2, 0) is 0 Å². The van der Waals surface area contributed by atoms with Gasteiger partial charge in [-0.1, -0.05) is 13.8 Å². The molecule has 0 spiro atoms. The van der Waals surface area contributed by atoms with E-state index in [2.05, 4.69) is 15.0 Å². The van der Waals surface area contributed by atoms with E-state index < -0.39 is 0 Å². The molecule has 7 heteroatoms. The van der Waals surface area contributed by atoms with E-state index in [1.165, 1.54) is 22.4 Å². The number of amides is 1. The van der Waals surface area contributed by atoms with Crippen LogP contribution in [-0.4, -0.2) is 39.4 Å². The lowest BCUT2D eigenvalue weighted by Gasteiger charge is -2.10. The third-order valence-corrected chi connectivity index (χ3v) is 3.84. The fraction of sp³-hybridized carbons (Fsp3) is 0.357.